The molecule has 32 heteroatoms. The summed E-state index contributed by atoms with van der Waals surface area (Å²) in [6.07, 6.45) is -27.8. The van der Waals surface area contributed by atoms with E-state index in [1.165, 1.54) is 71.1 Å². The number of nitrogens with one attached hydrogen (secondary N) is 2. The van der Waals surface area contributed by atoms with Crippen LogP contribution in [0, 0.1) is 115 Å². The summed E-state index contributed by atoms with van der Waals surface area (Å²) in [5.41, 5.74) is 8.03. The number of fused-ring (bicyclic) bond motifs is 1. The van der Waals surface area contributed by atoms with Crippen molar-refractivity contribution >= 4 is 37.5 Å². The number of rotatable bonds is 14. The first-order valence-corrected chi connectivity index (χ1v) is 30.9. The van der Waals surface area contributed by atoms with E-state index in [-0.39, 0.29) is 182 Å². The summed E-state index contributed by atoms with van der Waals surface area (Å²) in [6.45, 7) is 30.6. The standard InChI is InChI=1S/C12H12.C11H25NO4Si.C8H5NO.2C8H10.C5H12O3.2C3H2F6.2C2H3F3.C2H3NO.C2H6.14CH4.Ar.H2/c1-9-7-8-10(2)12-6-4-3-5-11(9)12;1-5-14-17(15-6-2,16-7-3)10-8-9-12-11(4)13;1-3-4-5-6-7-9-8(2)10;2*1-7-3-5-8(2)6-4-7;1-2-8-4-5(7)3-6;2*4-2(5,6)1-3(7,8)9;2*1-2(3,4)5;1-3-2-4;1-2;;;;;;;;;;;;;;;;/h3-8H,1-2H3;5-10H2,1-4H3,(H,12,13);1H,2H3,(H,9,10);2*3-6H,1-2H3;5-7H,2-4H2,1H3;2*1H2;2*1H3;1H3;1-2H3;14*1H4;;1H. The molecule has 2 amide bonds. The minimum atomic E-state index is -5.14. The number of carbonyl (C=O) groups excluding carboxylic acids is 3. The molecule has 1 unspecified atom stereocenters. The molecule has 4 rings (SSSR count). The number of nitrogens with zero attached hydrogens (tertiary/aromatic N) is 1. The second-order valence-corrected chi connectivity index (χ2v) is 21.4. The van der Waals surface area contributed by atoms with Crippen LogP contribution in [0.25, 0.3) is 10.8 Å². The summed E-state index contributed by atoms with van der Waals surface area (Å²) < 4.78 is 214. The maximum atomic E-state index is 10.8. The SMILES string of the molecule is C.C.C.C.C.C.C.C.C.C.C.C.C.C.C#CC#CC#CNC(C)=O.CC.CC(F)(F)F.CC(F)(F)F.CCOCC(O)CO.CCO[Si](CCCNC(C)=O)(OCC)OCC.CN=C=O.Cc1ccc(C)c2ccccc12.Cc1ccc(C)cc1.Cc1ccc(C)cc1.FC(F)(F)CC(F)(F)F.FC(F)(F)CC(F)(F)F.[Ar].[HH]. The van der Waals surface area contributed by atoms with E-state index < -0.39 is 64.8 Å². The van der Waals surface area contributed by atoms with Crippen LogP contribution < -0.4 is 10.6 Å². The zero-order chi connectivity index (χ0) is 77.7. The van der Waals surface area contributed by atoms with Crippen LogP contribution in [0.15, 0.2) is 89.9 Å². The molecule has 678 valence electrons. The Kier molecular flexibility index (Phi) is 150. The zero-order valence-corrected chi connectivity index (χ0v) is 59.6. The van der Waals surface area contributed by atoms with Gasteiger partial charge >= 0.3 is 45.9 Å². The maximum Gasteiger partial charge on any atom is 0.500 e. The van der Waals surface area contributed by atoms with Crippen molar-refractivity contribution in [2.75, 3.05) is 53.2 Å². The molecule has 0 aliphatic rings. The Balaban J connectivity index is -0.0000000350. The Hall–Kier alpha value is -5.88. The van der Waals surface area contributed by atoms with E-state index in [1.54, 1.807) is 0 Å². The van der Waals surface area contributed by atoms with E-state index in [1.807, 2.05) is 41.5 Å². The number of isocyanates is 1. The van der Waals surface area contributed by atoms with Gasteiger partial charge in [-0.05, 0) is 109 Å². The first-order valence-electron chi connectivity index (χ1n) is 29.0. The third kappa shape index (κ3) is 156. The maximum absolute atomic E-state index is 10.8. The van der Waals surface area contributed by atoms with Crippen molar-refractivity contribution < 1.29 is 161 Å². The number of hydrogen-bond donors (Lipinski definition) is 4. The van der Waals surface area contributed by atoms with Crippen LogP contribution in [0.4, 0.5) is 79.0 Å². The number of halogens is 18. The predicted octanol–water partition coefficient (Wildman–Crippen LogP) is 27.0. The quantitative estimate of drug-likeness (QED) is 0.0183. The van der Waals surface area contributed by atoms with Gasteiger partial charge in [0.25, 0.3) is 0 Å². The van der Waals surface area contributed by atoms with Crippen molar-refractivity contribution in [2.45, 2.75) is 283 Å². The number of aliphatic hydroxyl groups is 2. The van der Waals surface area contributed by atoms with Crippen LogP contribution in [0.3, 0.4) is 0 Å². The second-order valence-electron chi connectivity index (χ2n) is 18.6. The molecule has 0 bridgehead atoms. The summed E-state index contributed by atoms with van der Waals surface area (Å²) in [5, 5.41) is 24.6. The fourth-order valence-corrected chi connectivity index (χ4v) is 8.04. The third-order valence-corrected chi connectivity index (χ3v) is 12.2. The molecule has 4 N–H and O–H groups in total. The number of aryl methyl sites for hydroxylation is 6. The Bertz CT molecular complexity index is 2620. The Morgan fingerprint density at radius 3 is 0.964 bits per heavy atom. The molecule has 0 aliphatic carbocycles. The van der Waals surface area contributed by atoms with E-state index in [0.717, 1.165) is 12.5 Å². The topological polar surface area (TPSA) is 165 Å². The minimum Gasteiger partial charge on any atom is -0.394 e. The average Bonchev–Trinajstić information content (AvgIpc) is 0.820. The minimum absolute atomic E-state index is 0. The van der Waals surface area contributed by atoms with Gasteiger partial charge in [0.1, 0.15) is 18.9 Å². The van der Waals surface area contributed by atoms with Crippen LogP contribution in [0.2, 0.25) is 6.04 Å². The first-order chi connectivity index (χ1) is 44.4. The van der Waals surface area contributed by atoms with Gasteiger partial charge in [-0.25, -0.2) is 9.79 Å². The average molecular weight is 1710 g/mol. The number of aliphatic imine (C=N–C) groups is 1. The molecule has 0 radical (unpaired) electrons. The largest absolute Gasteiger partial charge is 0.500 e. The molecule has 0 aromatic heterocycles. The Morgan fingerprint density at radius 2 is 0.777 bits per heavy atom. The summed E-state index contributed by atoms with van der Waals surface area (Å²) in [5.74, 6) is 8.79. The van der Waals surface area contributed by atoms with Crippen LogP contribution in [-0.4, -0.2) is 133 Å². The van der Waals surface area contributed by atoms with Gasteiger partial charge in [-0.3, -0.25) is 14.9 Å². The number of amides is 2. The van der Waals surface area contributed by atoms with Gasteiger partial charge in [-0.2, -0.15) is 79.0 Å². The number of alkyl halides is 18. The third-order valence-electron chi connectivity index (χ3n) is 9.04. The molecule has 12 nitrogen and oxygen atoms in total. The van der Waals surface area contributed by atoms with Gasteiger partial charge in [0.2, 0.25) is 17.9 Å². The van der Waals surface area contributed by atoms with Crippen molar-refractivity contribution in [3.05, 3.63) is 118 Å². The van der Waals surface area contributed by atoms with Gasteiger partial charge < -0.3 is 33.5 Å². The molecule has 0 heterocycles. The molecule has 0 aliphatic heterocycles. The number of terminal acetylenes is 1. The van der Waals surface area contributed by atoms with Gasteiger partial charge in [0, 0.05) is 131 Å². The number of hydrogen-bond acceptors (Lipinski definition) is 10. The normalized spacial score (nSPS) is 9.18. The molecule has 112 heavy (non-hydrogen) atoms. The van der Waals surface area contributed by atoms with Gasteiger partial charge in [0.05, 0.1) is 13.2 Å². The fourth-order valence-electron chi connectivity index (χ4n) is 5.42. The van der Waals surface area contributed by atoms with Crippen molar-refractivity contribution in [1.82, 2.24) is 10.6 Å². The van der Waals surface area contributed by atoms with E-state index in [2.05, 4.69) is 172 Å². The molecule has 0 saturated heterocycles. The van der Waals surface area contributed by atoms with E-state index in [4.69, 9.17) is 39.4 Å². The van der Waals surface area contributed by atoms with E-state index in [9.17, 15) is 88.6 Å². The molecule has 0 saturated carbocycles. The Morgan fingerprint density at radius 1 is 0.509 bits per heavy atom. The summed E-state index contributed by atoms with van der Waals surface area (Å²) in [6, 6.07) is 32.9. The van der Waals surface area contributed by atoms with Crippen molar-refractivity contribution in [2.24, 2.45) is 4.99 Å². The zero-order valence-electron chi connectivity index (χ0n) is 57.9. The van der Waals surface area contributed by atoms with Crippen LogP contribution >= 0.6 is 0 Å². The van der Waals surface area contributed by atoms with Crippen LogP contribution in [0.1, 0.15) is 227 Å². The predicted molar refractivity (Wildman–Crippen MR) is 440 cm³/mol. The monoisotopic (exact) mass is 1710 g/mol. The van der Waals surface area contributed by atoms with Crippen molar-refractivity contribution in [3.63, 3.8) is 0 Å². The Labute approximate surface area is 700 Å². The van der Waals surface area contributed by atoms with Gasteiger partial charge in [-0.1, -0.05) is 225 Å². The first kappa shape index (κ1) is 170. The molecule has 0 spiro atoms. The van der Waals surface area contributed by atoms with E-state index in [0.29, 0.717) is 33.0 Å². The number of carbonyl (C=O) groups is 2. The van der Waals surface area contributed by atoms with Gasteiger partial charge in [0.15, 0.2) is 0 Å². The fraction of sp³-hybridized carbons (Fsp3) is 0.613. The van der Waals surface area contributed by atoms with Crippen LogP contribution in [0.5, 0.6) is 0 Å². The van der Waals surface area contributed by atoms with Crippen molar-refractivity contribution in [1.29, 1.82) is 0 Å². The summed E-state index contributed by atoms with van der Waals surface area (Å²) in [4.78, 5) is 32.7. The van der Waals surface area contributed by atoms with E-state index >= 15 is 0 Å². The molecule has 0 fully saturated rings. The smallest absolute Gasteiger partial charge is 0.394 e. The molecule has 1 atom stereocenters. The molecule has 4 aromatic rings. The second kappa shape index (κ2) is 99.3. The van der Waals surface area contributed by atoms with Crippen LogP contribution in [-0.2, 0) is 32.4 Å². The molecule has 4 aromatic carbocycles. The summed E-state index contributed by atoms with van der Waals surface area (Å²) >= 11 is 0. The summed E-state index contributed by atoms with van der Waals surface area (Å²) in [7, 11) is -1.14. The van der Waals surface area contributed by atoms with Gasteiger partial charge in [-0.15, -0.1) is 6.42 Å². The molecular formula is C80H151ArF18N3O9Si. The number of ether oxygens (including phenoxy) is 1. The number of benzene rings is 4. The van der Waals surface area contributed by atoms with Crippen molar-refractivity contribution in [3.8, 4) is 36.1 Å². The molecular weight excluding hydrogens is 1560 g/mol. The number of aliphatic hydroxyl groups excluding tert-OH is 2.